The zero-order chi connectivity index (χ0) is 21.8. The van der Waals surface area contributed by atoms with Gasteiger partial charge >= 0.3 is 0 Å². The second-order valence-electron chi connectivity index (χ2n) is 6.70. The number of aromatic nitrogens is 2. The summed E-state index contributed by atoms with van der Waals surface area (Å²) in [6.07, 6.45) is 3.80. The summed E-state index contributed by atoms with van der Waals surface area (Å²) in [5, 5.41) is 8.41. The molecule has 0 atom stereocenters. The molecule has 4 aromatic rings. The molecular weight excluding hydrogens is 408 g/mol. The molecule has 0 spiro atoms. The van der Waals surface area contributed by atoms with E-state index in [1.165, 1.54) is 17.3 Å². The Kier molecular flexibility index (Phi) is 5.81. The van der Waals surface area contributed by atoms with Crippen molar-refractivity contribution in [2.24, 2.45) is 10.7 Å². The van der Waals surface area contributed by atoms with Gasteiger partial charge in [0.15, 0.2) is 5.17 Å². The Balaban J connectivity index is 1.70. The number of amidine groups is 1. The molecular formula is C23H21N6OS+. The summed E-state index contributed by atoms with van der Waals surface area (Å²) in [6, 6.07) is 19.3. The summed E-state index contributed by atoms with van der Waals surface area (Å²) >= 11 is 1.17. The van der Waals surface area contributed by atoms with Crippen LogP contribution in [0, 0.1) is 0 Å². The van der Waals surface area contributed by atoms with E-state index in [0.29, 0.717) is 10.7 Å². The van der Waals surface area contributed by atoms with Gasteiger partial charge in [0, 0.05) is 36.1 Å². The first kappa shape index (κ1) is 20.4. The maximum atomic E-state index is 11.9. The molecule has 0 fully saturated rings. The van der Waals surface area contributed by atoms with E-state index < -0.39 is 0 Å². The van der Waals surface area contributed by atoms with E-state index in [0.717, 1.165) is 33.7 Å². The molecule has 31 heavy (non-hydrogen) atoms. The third-order valence-electron chi connectivity index (χ3n) is 4.77. The molecule has 8 heteroatoms. The lowest BCUT2D eigenvalue weighted by Crippen LogP contribution is -2.29. The van der Waals surface area contributed by atoms with Gasteiger partial charge in [-0.25, -0.2) is 9.98 Å². The van der Waals surface area contributed by atoms with Crippen LogP contribution in [0.2, 0.25) is 0 Å². The molecule has 5 N–H and O–H groups in total. The number of rotatable bonds is 5. The van der Waals surface area contributed by atoms with Crippen LogP contribution in [0.1, 0.15) is 10.4 Å². The van der Waals surface area contributed by atoms with Gasteiger partial charge in [0.05, 0.1) is 17.6 Å². The van der Waals surface area contributed by atoms with E-state index in [1.54, 1.807) is 13.1 Å². The van der Waals surface area contributed by atoms with Gasteiger partial charge in [0.1, 0.15) is 5.65 Å². The fourth-order valence-electron chi connectivity index (χ4n) is 3.32. The number of carbonyl (C=O) groups excluding carboxylic acids is 1. The predicted molar refractivity (Wildman–Crippen MR) is 126 cm³/mol. The molecule has 0 saturated heterocycles. The van der Waals surface area contributed by atoms with Gasteiger partial charge in [-0.05, 0) is 47.5 Å². The van der Waals surface area contributed by atoms with Gasteiger partial charge in [-0.15, -0.1) is 0 Å². The lowest BCUT2D eigenvalue weighted by atomic mass is 10.0. The average Bonchev–Trinajstić information content (AvgIpc) is 3.22. The number of imidazole rings is 1. The first-order valence-electron chi connectivity index (χ1n) is 9.53. The first-order valence-corrected chi connectivity index (χ1v) is 10.4. The number of nitrogens with zero attached hydrogens (tertiary/aromatic N) is 3. The van der Waals surface area contributed by atoms with Gasteiger partial charge < -0.3 is 11.1 Å². The van der Waals surface area contributed by atoms with Crippen molar-refractivity contribution in [3.8, 4) is 22.4 Å². The minimum atomic E-state index is -0.114. The Hall–Kier alpha value is -3.91. The molecule has 4 rings (SSSR count). The number of amides is 1. The number of nitrogens with two attached hydrogens (primary N) is 2. The van der Waals surface area contributed by atoms with Crippen molar-refractivity contribution >= 4 is 39.7 Å². The van der Waals surface area contributed by atoms with Crippen molar-refractivity contribution in [3.05, 3.63) is 78.6 Å². The second-order valence-corrected chi connectivity index (χ2v) is 7.63. The Bertz CT molecular complexity index is 1310. The van der Waals surface area contributed by atoms with Gasteiger partial charge in [-0.3, -0.25) is 14.6 Å². The standard InChI is InChI=1S/C23H20N6OS/c1-26-22(30)18-6-2-4-15(10-18)16-8-9-29-20(13-27-21(29)12-16)17-5-3-7-19(11-17)28-23(25)31-14-24/h2-14,24H,1H3,(H2,25,28)(H,26,30)/p+1. The Labute approximate surface area is 183 Å². The highest BCUT2D eigenvalue weighted by molar-refractivity contribution is 8.24. The van der Waals surface area contributed by atoms with E-state index in [2.05, 4.69) is 15.3 Å². The third-order valence-corrected chi connectivity index (χ3v) is 5.24. The molecule has 0 aliphatic rings. The van der Waals surface area contributed by atoms with Crippen LogP contribution in [-0.4, -0.2) is 33.1 Å². The summed E-state index contributed by atoms with van der Waals surface area (Å²) < 4.78 is 2.01. The van der Waals surface area contributed by atoms with Crippen LogP contribution < -0.4 is 16.5 Å². The SMILES string of the molecule is CNC(=O)c1cccc(-c2ccn3c(-c4cccc(N=C(N)SC=[NH2+])c4)cnc3c2)c1. The molecule has 7 nitrogen and oxygen atoms in total. The number of fused-ring (bicyclic) bond motifs is 1. The maximum Gasteiger partial charge on any atom is 0.251 e. The highest BCUT2D eigenvalue weighted by atomic mass is 32.2. The summed E-state index contributed by atoms with van der Waals surface area (Å²) in [6.45, 7) is 0. The van der Waals surface area contributed by atoms with Gasteiger partial charge in [0.2, 0.25) is 5.55 Å². The maximum absolute atomic E-state index is 11.9. The zero-order valence-corrected chi connectivity index (χ0v) is 17.6. The molecule has 0 unspecified atom stereocenters. The van der Waals surface area contributed by atoms with Crippen molar-refractivity contribution in [1.29, 1.82) is 0 Å². The quantitative estimate of drug-likeness (QED) is 0.334. The number of pyridine rings is 1. The number of nitrogens with one attached hydrogen (secondary N) is 1. The number of aliphatic imine (C=N–C) groups is 1. The highest BCUT2D eigenvalue weighted by Gasteiger charge is 2.10. The summed E-state index contributed by atoms with van der Waals surface area (Å²) in [5.74, 6) is -0.114. The van der Waals surface area contributed by atoms with Crippen LogP contribution in [0.3, 0.4) is 0 Å². The van der Waals surface area contributed by atoms with Crippen LogP contribution in [0.15, 0.2) is 78.0 Å². The molecule has 2 aromatic heterocycles. The minimum Gasteiger partial charge on any atom is -0.378 e. The fraction of sp³-hybridized carbons (Fsp3) is 0.0435. The monoisotopic (exact) mass is 429 g/mol. The Morgan fingerprint density at radius 3 is 2.71 bits per heavy atom. The molecule has 0 aliphatic carbocycles. The Morgan fingerprint density at radius 1 is 1.13 bits per heavy atom. The number of benzene rings is 2. The van der Waals surface area contributed by atoms with Gasteiger partial charge in [-0.2, -0.15) is 0 Å². The molecule has 0 saturated carbocycles. The van der Waals surface area contributed by atoms with Crippen molar-refractivity contribution in [2.45, 2.75) is 0 Å². The normalized spacial score (nSPS) is 11.5. The lowest BCUT2D eigenvalue weighted by molar-refractivity contribution is -0.101. The molecule has 1 amide bonds. The van der Waals surface area contributed by atoms with Crippen LogP contribution in [0.4, 0.5) is 5.69 Å². The van der Waals surface area contributed by atoms with Crippen LogP contribution in [-0.2, 0) is 0 Å². The largest absolute Gasteiger partial charge is 0.378 e. The van der Waals surface area contributed by atoms with Crippen LogP contribution in [0.25, 0.3) is 28.0 Å². The van der Waals surface area contributed by atoms with Crippen molar-refractivity contribution in [2.75, 3.05) is 7.05 Å². The van der Waals surface area contributed by atoms with E-state index in [4.69, 9.17) is 11.1 Å². The summed E-state index contributed by atoms with van der Waals surface area (Å²) in [5.41, 5.74) is 13.2. The Morgan fingerprint density at radius 2 is 1.90 bits per heavy atom. The number of hydrogen-bond donors (Lipinski definition) is 3. The minimum absolute atomic E-state index is 0.114. The predicted octanol–water partition coefficient (Wildman–Crippen LogP) is 2.49. The summed E-state index contributed by atoms with van der Waals surface area (Å²) in [4.78, 5) is 20.9. The topological polar surface area (TPSA) is 110 Å². The average molecular weight is 430 g/mol. The molecule has 2 aromatic carbocycles. The number of thioether (sulfide) groups is 1. The highest BCUT2D eigenvalue weighted by Crippen LogP contribution is 2.28. The smallest absolute Gasteiger partial charge is 0.251 e. The molecule has 2 heterocycles. The van der Waals surface area contributed by atoms with E-state index in [1.807, 2.05) is 71.4 Å². The van der Waals surface area contributed by atoms with Gasteiger partial charge in [-0.1, -0.05) is 24.3 Å². The molecule has 0 radical (unpaired) electrons. The number of carbonyl (C=O) groups is 1. The molecule has 0 aliphatic heterocycles. The van der Waals surface area contributed by atoms with Crippen molar-refractivity contribution in [1.82, 2.24) is 14.7 Å². The zero-order valence-electron chi connectivity index (χ0n) is 16.8. The van der Waals surface area contributed by atoms with Crippen LogP contribution in [0.5, 0.6) is 0 Å². The van der Waals surface area contributed by atoms with Crippen LogP contribution >= 0.6 is 11.8 Å². The lowest BCUT2D eigenvalue weighted by Gasteiger charge is -2.07. The van der Waals surface area contributed by atoms with Crippen molar-refractivity contribution in [3.63, 3.8) is 0 Å². The second kappa shape index (κ2) is 8.85. The van der Waals surface area contributed by atoms with E-state index >= 15 is 0 Å². The number of hydrogen-bond acceptors (Lipinski definition) is 4. The first-order chi connectivity index (χ1) is 15.1. The third kappa shape index (κ3) is 4.34. The van der Waals surface area contributed by atoms with E-state index in [-0.39, 0.29) is 5.91 Å². The molecule has 154 valence electrons. The fourth-order valence-corrected chi connectivity index (χ4v) is 3.61. The van der Waals surface area contributed by atoms with Crippen molar-refractivity contribution < 1.29 is 10.2 Å². The van der Waals surface area contributed by atoms with Gasteiger partial charge in [0.25, 0.3) is 5.91 Å². The summed E-state index contributed by atoms with van der Waals surface area (Å²) in [7, 11) is 1.62. The molecule has 0 bridgehead atoms. The van der Waals surface area contributed by atoms with E-state index in [9.17, 15) is 4.79 Å².